The number of ether oxygens (including phenoxy) is 1. The van der Waals surface area contributed by atoms with Gasteiger partial charge in [0.15, 0.2) is 0 Å². The van der Waals surface area contributed by atoms with Gasteiger partial charge >= 0.3 is 0 Å². The lowest BCUT2D eigenvalue weighted by Crippen LogP contribution is -2.37. The molecule has 1 aliphatic heterocycles. The van der Waals surface area contributed by atoms with Crippen molar-refractivity contribution in [2.24, 2.45) is 0 Å². The Morgan fingerprint density at radius 1 is 1.23 bits per heavy atom. The molecule has 166 valence electrons. The van der Waals surface area contributed by atoms with Crippen molar-refractivity contribution in [2.45, 2.75) is 18.7 Å². The number of carbonyl (C=O) groups excluding carboxylic acids is 1. The number of pyridine rings is 1. The fourth-order valence-corrected chi connectivity index (χ4v) is 4.87. The highest BCUT2D eigenvalue weighted by molar-refractivity contribution is 7.89. The van der Waals surface area contributed by atoms with Crippen LogP contribution in [0.4, 0.5) is 11.4 Å². The molecule has 1 saturated heterocycles. The van der Waals surface area contributed by atoms with E-state index < -0.39 is 10.0 Å². The van der Waals surface area contributed by atoms with Crippen LogP contribution in [0.25, 0.3) is 6.08 Å². The van der Waals surface area contributed by atoms with Crippen molar-refractivity contribution in [2.75, 3.05) is 49.6 Å². The molecule has 1 aromatic heterocycles. The number of sulfonamides is 1. The standard InChI is InChI=1S/C22H28N4O4S/c1-3-26(4-2)31(28,29)19-8-9-21(25-12-14-30-15-13-25)20(16-19)24-22(27)10-7-18-6-5-11-23-17-18/h5-11,16-17H,3-4,12-15H2,1-2H3,(H,24,27). The second-order valence-corrected chi connectivity index (χ2v) is 8.91. The Bertz CT molecular complexity index is 1020. The average Bonchev–Trinajstić information content (AvgIpc) is 2.79. The number of aromatic nitrogens is 1. The van der Waals surface area contributed by atoms with Gasteiger partial charge in [-0.3, -0.25) is 9.78 Å². The molecule has 3 rings (SSSR count). The number of nitrogens with one attached hydrogen (secondary N) is 1. The van der Waals surface area contributed by atoms with Gasteiger partial charge in [-0.2, -0.15) is 4.31 Å². The first-order chi connectivity index (χ1) is 15.0. The van der Waals surface area contributed by atoms with E-state index in [0.29, 0.717) is 45.1 Å². The molecular weight excluding hydrogens is 416 g/mol. The molecule has 31 heavy (non-hydrogen) atoms. The lowest BCUT2D eigenvalue weighted by molar-refractivity contribution is -0.111. The van der Waals surface area contributed by atoms with Crippen molar-refractivity contribution >= 4 is 33.4 Å². The zero-order valence-corrected chi connectivity index (χ0v) is 18.6. The highest BCUT2D eigenvalue weighted by Crippen LogP contribution is 2.31. The quantitative estimate of drug-likeness (QED) is 0.630. The van der Waals surface area contributed by atoms with Gasteiger partial charge in [-0.05, 0) is 35.9 Å². The number of nitrogens with zero attached hydrogens (tertiary/aromatic N) is 3. The summed E-state index contributed by atoms with van der Waals surface area (Å²) in [5.74, 6) is -0.351. The summed E-state index contributed by atoms with van der Waals surface area (Å²) in [7, 11) is -3.65. The molecule has 9 heteroatoms. The number of rotatable bonds is 8. The van der Waals surface area contributed by atoms with Crippen LogP contribution < -0.4 is 10.2 Å². The molecule has 0 unspecified atom stereocenters. The van der Waals surface area contributed by atoms with Gasteiger partial charge in [0.25, 0.3) is 0 Å². The van der Waals surface area contributed by atoms with E-state index in [1.165, 1.54) is 16.4 Å². The molecular formula is C22H28N4O4S. The summed E-state index contributed by atoms with van der Waals surface area (Å²) in [5, 5.41) is 2.85. The number of hydrogen-bond acceptors (Lipinski definition) is 6. The van der Waals surface area contributed by atoms with Crippen LogP contribution in [-0.2, 0) is 19.6 Å². The number of hydrogen-bond donors (Lipinski definition) is 1. The minimum atomic E-state index is -3.65. The molecule has 0 atom stereocenters. The third-order valence-corrected chi connectivity index (χ3v) is 7.08. The smallest absolute Gasteiger partial charge is 0.248 e. The van der Waals surface area contributed by atoms with E-state index >= 15 is 0 Å². The lowest BCUT2D eigenvalue weighted by atomic mass is 10.2. The van der Waals surface area contributed by atoms with Crippen molar-refractivity contribution in [3.63, 3.8) is 0 Å². The maximum atomic E-state index is 13.0. The maximum absolute atomic E-state index is 13.0. The summed E-state index contributed by atoms with van der Waals surface area (Å²) < 4.78 is 32.8. The van der Waals surface area contributed by atoms with E-state index in [1.54, 1.807) is 50.5 Å². The van der Waals surface area contributed by atoms with Gasteiger partial charge in [-0.15, -0.1) is 0 Å². The minimum Gasteiger partial charge on any atom is -0.378 e. The zero-order valence-electron chi connectivity index (χ0n) is 17.8. The van der Waals surface area contributed by atoms with E-state index in [2.05, 4.69) is 15.2 Å². The molecule has 8 nitrogen and oxygen atoms in total. The summed E-state index contributed by atoms with van der Waals surface area (Å²) in [5.41, 5.74) is 2.02. The largest absolute Gasteiger partial charge is 0.378 e. The summed E-state index contributed by atoms with van der Waals surface area (Å²) in [6.07, 6.45) is 6.38. The van der Waals surface area contributed by atoms with E-state index in [0.717, 1.165) is 11.3 Å². The topological polar surface area (TPSA) is 91.8 Å². The predicted molar refractivity (Wildman–Crippen MR) is 121 cm³/mol. The van der Waals surface area contributed by atoms with Gasteiger partial charge in [0, 0.05) is 44.6 Å². The van der Waals surface area contributed by atoms with Gasteiger partial charge in [-0.1, -0.05) is 19.9 Å². The van der Waals surface area contributed by atoms with Crippen LogP contribution in [0.5, 0.6) is 0 Å². The molecule has 1 fully saturated rings. The first kappa shape index (κ1) is 22.9. The fourth-order valence-electron chi connectivity index (χ4n) is 3.39. The van der Waals surface area contributed by atoms with E-state index in [4.69, 9.17) is 4.74 Å². The first-order valence-corrected chi connectivity index (χ1v) is 11.8. The summed E-state index contributed by atoms with van der Waals surface area (Å²) in [6, 6.07) is 8.51. The van der Waals surface area contributed by atoms with Crippen LogP contribution in [0, 0.1) is 0 Å². The highest BCUT2D eigenvalue weighted by Gasteiger charge is 2.24. The molecule has 0 aliphatic carbocycles. The summed E-state index contributed by atoms with van der Waals surface area (Å²) in [6.45, 7) is 6.83. The Hall–Kier alpha value is -2.75. The second kappa shape index (κ2) is 10.5. The normalized spacial score (nSPS) is 14.9. The molecule has 1 amide bonds. The highest BCUT2D eigenvalue weighted by atomic mass is 32.2. The van der Waals surface area contributed by atoms with Gasteiger partial charge in [0.05, 0.1) is 29.5 Å². The molecule has 2 heterocycles. The van der Waals surface area contributed by atoms with Crippen LogP contribution in [0.1, 0.15) is 19.4 Å². The molecule has 1 aliphatic rings. The zero-order chi connectivity index (χ0) is 22.3. The maximum Gasteiger partial charge on any atom is 0.248 e. The van der Waals surface area contributed by atoms with Crippen molar-refractivity contribution in [1.82, 2.24) is 9.29 Å². The minimum absolute atomic E-state index is 0.153. The average molecular weight is 445 g/mol. The lowest BCUT2D eigenvalue weighted by Gasteiger charge is -2.31. The molecule has 2 aromatic rings. The summed E-state index contributed by atoms with van der Waals surface area (Å²) >= 11 is 0. The third-order valence-electron chi connectivity index (χ3n) is 5.03. The molecule has 1 N–H and O–H groups in total. The van der Waals surface area contributed by atoms with Gasteiger partial charge < -0.3 is 15.0 Å². The molecule has 0 spiro atoms. The van der Waals surface area contributed by atoms with Crippen molar-refractivity contribution in [3.8, 4) is 0 Å². The van der Waals surface area contributed by atoms with Gasteiger partial charge in [0.1, 0.15) is 0 Å². The first-order valence-electron chi connectivity index (χ1n) is 10.3. The van der Waals surface area contributed by atoms with Crippen LogP contribution in [0.2, 0.25) is 0 Å². The molecule has 0 saturated carbocycles. The Kier molecular flexibility index (Phi) is 7.78. The fraction of sp³-hybridized carbons (Fsp3) is 0.364. The Morgan fingerprint density at radius 3 is 2.61 bits per heavy atom. The number of anilines is 2. The van der Waals surface area contributed by atoms with Gasteiger partial charge in [0.2, 0.25) is 15.9 Å². The second-order valence-electron chi connectivity index (χ2n) is 6.98. The molecule has 1 aromatic carbocycles. The van der Waals surface area contributed by atoms with E-state index in [9.17, 15) is 13.2 Å². The summed E-state index contributed by atoms with van der Waals surface area (Å²) in [4.78, 5) is 18.9. The van der Waals surface area contributed by atoms with Crippen molar-refractivity contribution < 1.29 is 17.9 Å². The van der Waals surface area contributed by atoms with E-state index in [1.807, 2.05) is 6.07 Å². The number of morpholine rings is 1. The number of benzene rings is 1. The van der Waals surface area contributed by atoms with Crippen LogP contribution >= 0.6 is 0 Å². The number of carbonyl (C=O) groups is 1. The van der Waals surface area contributed by atoms with Crippen molar-refractivity contribution in [1.29, 1.82) is 0 Å². The SMILES string of the molecule is CCN(CC)S(=O)(=O)c1ccc(N2CCOCC2)c(NC(=O)C=Cc2cccnc2)c1. The predicted octanol–water partition coefficient (Wildman–Crippen LogP) is 2.60. The van der Waals surface area contributed by atoms with E-state index in [-0.39, 0.29) is 10.8 Å². The monoisotopic (exact) mass is 444 g/mol. The van der Waals surface area contributed by atoms with Gasteiger partial charge in [-0.25, -0.2) is 8.42 Å². The van der Waals surface area contributed by atoms with Crippen LogP contribution in [-0.4, -0.2) is 63.0 Å². The third kappa shape index (κ3) is 5.69. The Morgan fingerprint density at radius 2 is 1.97 bits per heavy atom. The Labute approximate surface area is 183 Å². The molecule has 0 bridgehead atoms. The van der Waals surface area contributed by atoms with Crippen molar-refractivity contribution in [3.05, 3.63) is 54.4 Å². The number of amides is 1. The Balaban J connectivity index is 1.92. The molecule has 0 radical (unpaired) electrons. The van der Waals surface area contributed by atoms with Crippen LogP contribution in [0.15, 0.2) is 53.7 Å². The van der Waals surface area contributed by atoms with Crippen LogP contribution in [0.3, 0.4) is 0 Å².